The van der Waals surface area contributed by atoms with Gasteiger partial charge in [-0.05, 0) is 55.7 Å². The van der Waals surface area contributed by atoms with Crippen LogP contribution in [0.2, 0.25) is 0 Å². The second-order valence-electron chi connectivity index (χ2n) is 7.15. The third kappa shape index (κ3) is 5.04. The van der Waals surface area contributed by atoms with Gasteiger partial charge in [-0.25, -0.2) is 0 Å². The average molecular weight is 416 g/mol. The second kappa shape index (κ2) is 9.80. The van der Waals surface area contributed by atoms with Crippen molar-refractivity contribution in [1.29, 1.82) is 0 Å². The van der Waals surface area contributed by atoms with E-state index in [9.17, 15) is 10.2 Å². The molecular formula is C25H24N2O4. The van der Waals surface area contributed by atoms with Gasteiger partial charge in [-0.3, -0.25) is 9.98 Å². The van der Waals surface area contributed by atoms with Crippen molar-refractivity contribution in [2.24, 2.45) is 9.98 Å². The molecule has 3 aromatic rings. The van der Waals surface area contributed by atoms with Gasteiger partial charge in [0.25, 0.3) is 0 Å². The van der Waals surface area contributed by atoms with Crippen LogP contribution in [0.3, 0.4) is 0 Å². The van der Waals surface area contributed by atoms with Crippen molar-refractivity contribution in [3.63, 3.8) is 0 Å². The third-order valence-corrected chi connectivity index (χ3v) is 4.93. The highest BCUT2D eigenvalue weighted by molar-refractivity contribution is 5.90. The zero-order chi connectivity index (χ0) is 21.5. The summed E-state index contributed by atoms with van der Waals surface area (Å²) < 4.78 is 11.5. The molecule has 0 unspecified atom stereocenters. The summed E-state index contributed by atoms with van der Waals surface area (Å²) in [6, 6.07) is 18.1. The van der Waals surface area contributed by atoms with E-state index in [1.807, 2.05) is 36.4 Å². The molecule has 31 heavy (non-hydrogen) atoms. The number of para-hydroxylation sites is 4. The van der Waals surface area contributed by atoms with Gasteiger partial charge in [0.2, 0.25) is 0 Å². The van der Waals surface area contributed by atoms with Gasteiger partial charge in [-0.2, -0.15) is 0 Å². The summed E-state index contributed by atoms with van der Waals surface area (Å²) in [5, 5.41) is 21.1. The van der Waals surface area contributed by atoms with E-state index in [0.29, 0.717) is 47.2 Å². The first kappa shape index (κ1) is 20.5. The Morgan fingerprint density at radius 1 is 0.581 bits per heavy atom. The van der Waals surface area contributed by atoms with Gasteiger partial charge in [0, 0.05) is 23.6 Å². The molecule has 0 radical (unpaired) electrons. The van der Waals surface area contributed by atoms with Crippen LogP contribution >= 0.6 is 0 Å². The number of aliphatic imine (C=N–C) groups is 2. The second-order valence-corrected chi connectivity index (χ2v) is 7.15. The molecule has 0 amide bonds. The van der Waals surface area contributed by atoms with Gasteiger partial charge < -0.3 is 19.7 Å². The van der Waals surface area contributed by atoms with Crippen LogP contribution in [0.25, 0.3) is 0 Å². The number of hydrogen-bond donors (Lipinski definition) is 2. The van der Waals surface area contributed by atoms with Crippen LogP contribution < -0.4 is 9.47 Å². The summed E-state index contributed by atoms with van der Waals surface area (Å²) >= 11 is 0. The summed E-state index contributed by atoms with van der Waals surface area (Å²) in [5.41, 5.74) is 2.39. The minimum absolute atomic E-state index is 0.0643. The fourth-order valence-corrected chi connectivity index (χ4v) is 3.23. The van der Waals surface area contributed by atoms with Crippen molar-refractivity contribution in [2.45, 2.75) is 19.3 Å². The van der Waals surface area contributed by atoms with Crippen molar-refractivity contribution < 1.29 is 19.7 Å². The Kier molecular flexibility index (Phi) is 6.47. The zero-order valence-electron chi connectivity index (χ0n) is 17.1. The molecular weight excluding hydrogens is 392 g/mol. The highest BCUT2D eigenvalue weighted by Gasteiger charge is 2.09. The number of ether oxygens (including phenoxy) is 2. The molecule has 2 N–H and O–H groups in total. The normalized spacial score (nSPS) is 14.3. The number of hydrogen-bond acceptors (Lipinski definition) is 6. The topological polar surface area (TPSA) is 83.6 Å². The molecule has 4 rings (SSSR count). The minimum atomic E-state index is 0.0643. The Hall–Kier alpha value is -3.80. The SMILES string of the molecule is Oc1c2cccc1OCCCCCOc1cccc(c1O)C=Nc1ccccc1N=C2. The number of rotatable bonds is 0. The van der Waals surface area contributed by atoms with Crippen molar-refractivity contribution in [2.75, 3.05) is 13.2 Å². The Morgan fingerprint density at radius 2 is 1.06 bits per heavy atom. The molecule has 1 heterocycles. The van der Waals surface area contributed by atoms with Crippen molar-refractivity contribution >= 4 is 23.8 Å². The summed E-state index contributed by atoms with van der Waals surface area (Å²) in [4.78, 5) is 9.02. The highest BCUT2D eigenvalue weighted by atomic mass is 16.5. The number of phenolic OH excluding ortho intramolecular Hbond substituents is 2. The van der Waals surface area contributed by atoms with Crippen molar-refractivity contribution in [3.05, 3.63) is 71.8 Å². The van der Waals surface area contributed by atoms with Crippen LogP contribution in [0, 0.1) is 0 Å². The van der Waals surface area contributed by atoms with Crippen LogP contribution in [0.4, 0.5) is 11.4 Å². The van der Waals surface area contributed by atoms with E-state index in [1.54, 1.807) is 36.7 Å². The fourth-order valence-electron chi connectivity index (χ4n) is 3.23. The number of nitrogens with zero attached hydrogens (tertiary/aromatic N) is 2. The standard InChI is InChI=1S/C25H24N2O4/c28-24-18-8-6-12-22(24)30-14-4-1-5-15-31-23-13-7-9-19(25(23)29)17-27-21-11-3-2-10-20(21)26-16-18/h2-3,6-13,16-17,28-29H,1,4-5,14-15H2. The third-order valence-electron chi connectivity index (χ3n) is 4.93. The van der Waals surface area contributed by atoms with Gasteiger partial charge in [0.05, 0.1) is 24.6 Å². The molecule has 0 saturated carbocycles. The van der Waals surface area contributed by atoms with Crippen molar-refractivity contribution in [1.82, 2.24) is 0 Å². The van der Waals surface area contributed by atoms with E-state index in [-0.39, 0.29) is 11.5 Å². The lowest BCUT2D eigenvalue weighted by Gasteiger charge is -2.10. The minimum Gasteiger partial charge on any atom is -0.504 e. The largest absolute Gasteiger partial charge is 0.504 e. The smallest absolute Gasteiger partial charge is 0.166 e. The van der Waals surface area contributed by atoms with Gasteiger partial charge >= 0.3 is 0 Å². The summed E-state index contributed by atoms with van der Waals surface area (Å²) in [5.74, 6) is 1.000. The van der Waals surface area contributed by atoms with E-state index in [2.05, 4.69) is 9.98 Å². The Bertz CT molecular complexity index is 1020. The highest BCUT2D eigenvalue weighted by Crippen LogP contribution is 2.33. The van der Waals surface area contributed by atoms with Crippen LogP contribution in [0.15, 0.2) is 70.6 Å². The first-order valence-corrected chi connectivity index (χ1v) is 10.3. The number of fused-ring (bicyclic) bond motifs is 5. The maximum Gasteiger partial charge on any atom is 0.166 e. The van der Waals surface area contributed by atoms with Crippen molar-refractivity contribution in [3.8, 4) is 23.0 Å². The Labute approximate surface area is 181 Å². The molecule has 3 aromatic carbocycles. The predicted molar refractivity (Wildman–Crippen MR) is 122 cm³/mol. The van der Waals surface area contributed by atoms with E-state index in [1.165, 1.54) is 0 Å². The molecule has 158 valence electrons. The molecule has 0 atom stereocenters. The molecule has 0 fully saturated rings. The summed E-state index contributed by atoms with van der Waals surface area (Å²) in [6.45, 7) is 0.983. The first-order chi connectivity index (χ1) is 15.2. The lowest BCUT2D eigenvalue weighted by atomic mass is 10.2. The van der Waals surface area contributed by atoms with Crippen LogP contribution in [0.1, 0.15) is 30.4 Å². The molecule has 4 bridgehead atoms. The summed E-state index contributed by atoms with van der Waals surface area (Å²) in [7, 11) is 0. The van der Waals surface area contributed by atoms with Gasteiger partial charge in [-0.1, -0.05) is 24.3 Å². The summed E-state index contributed by atoms with van der Waals surface area (Å²) in [6.07, 6.45) is 5.74. The van der Waals surface area contributed by atoms with Gasteiger partial charge in [0.1, 0.15) is 0 Å². The van der Waals surface area contributed by atoms with E-state index >= 15 is 0 Å². The quantitative estimate of drug-likeness (QED) is 0.504. The number of phenols is 2. The predicted octanol–water partition coefficient (Wildman–Crippen LogP) is 5.54. The lowest BCUT2D eigenvalue weighted by molar-refractivity contribution is 0.266. The molecule has 6 heteroatoms. The lowest BCUT2D eigenvalue weighted by Crippen LogP contribution is -2.02. The monoisotopic (exact) mass is 416 g/mol. The molecule has 0 aromatic heterocycles. The van der Waals surface area contributed by atoms with E-state index in [4.69, 9.17) is 9.47 Å². The molecule has 1 aliphatic rings. The molecule has 0 saturated heterocycles. The Morgan fingerprint density at radius 3 is 1.55 bits per heavy atom. The number of benzene rings is 3. The maximum atomic E-state index is 10.5. The molecule has 0 spiro atoms. The number of aromatic hydroxyl groups is 2. The molecule has 0 aliphatic carbocycles. The van der Waals surface area contributed by atoms with Gasteiger partial charge in [0.15, 0.2) is 23.0 Å². The first-order valence-electron chi connectivity index (χ1n) is 10.3. The Balaban J connectivity index is 1.71. The van der Waals surface area contributed by atoms with Crippen LogP contribution in [-0.2, 0) is 0 Å². The van der Waals surface area contributed by atoms with Crippen LogP contribution in [0.5, 0.6) is 23.0 Å². The molecule has 1 aliphatic heterocycles. The van der Waals surface area contributed by atoms with Crippen LogP contribution in [-0.4, -0.2) is 35.9 Å². The molecule has 6 nitrogen and oxygen atoms in total. The van der Waals surface area contributed by atoms with Gasteiger partial charge in [-0.15, -0.1) is 0 Å². The maximum absolute atomic E-state index is 10.5. The average Bonchev–Trinajstić information content (AvgIpc) is 2.79. The van der Waals surface area contributed by atoms with E-state index in [0.717, 1.165) is 19.3 Å². The fraction of sp³-hybridized carbons (Fsp3) is 0.200. The van der Waals surface area contributed by atoms with E-state index < -0.39 is 0 Å². The zero-order valence-corrected chi connectivity index (χ0v) is 17.1.